The van der Waals surface area contributed by atoms with Crippen LogP contribution in [0.2, 0.25) is 0 Å². The zero-order valence-corrected chi connectivity index (χ0v) is 14.2. The molecule has 7 heteroatoms. The van der Waals surface area contributed by atoms with Crippen molar-refractivity contribution < 1.29 is 14.6 Å². The molecule has 2 heterocycles. The van der Waals surface area contributed by atoms with Crippen LogP contribution in [0.5, 0.6) is 11.5 Å². The predicted molar refractivity (Wildman–Crippen MR) is 100 cm³/mol. The van der Waals surface area contributed by atoms with Crippen molar-refractivity contribution >= 4 is 24.0 Å². The average Bonchev–Trinajstić information content (AvgIpc) is 2.68. The van der Waals surface area contributed by atoms with Gasteiger partial charge in [-0.2, -0.15) is 0 Å². The molecule has 26 heavy (non-hydrogen) atoms. The minimum Gasteiger partial charge on any atom is -0.506 e. The molecule has 1 aromatic heterocycles. The standard InChI is InChI=1S/C19H18N4O3/c1-2-26-18-8-4-3-6-16(18)23-11-10-21-15(13-23)19(25)22-12-14-17(24)7-5-9-20-14/h3-10,12-13,24H,2,11H2,1H3. The number of hydrogen-bond donors (Lipinski definition) is 1. The highest BCUT2D eigenvalue weighted by molar-refractivity contribution is 6.02. The number of aromatic nitrogens is 1. The molecule has 0 fully saturated rings. The minimum absolute atomic E-state index is 0.0440. The second-order valence-corrected chi connectivity index (χ2v) is 5.35. The Kier molecular flexibility index (Phi) is 5.38. The Bertz CT molecular complexity index is 890. The molecule has 0 radical (unpaired) electrons. The lowest BCUT2D eigenvalue weighted by atomic mass is 10.2. The summed E-state index contributed by atoms with van der Waals surface area (Å²) in [5.74, 6) is 0.164. The first-order valence-corrected chi connectivity index (χ1v) is 8.14. The molecule has 0 spiro atoms. The van der Waals surface area contributed by atoms with Gasteiger partial charge in [-0.3, -0.25) is 14.8 Å². The Balaban J connectivity index is 1.81. The van der Waals surface area contributed by atoms with Gasteiger partial charge < -0.3 is 14.7 Å². The van der Waals surface area contributed by atoms with Crippen molar-refractivity contribution in [3.05, 3.63) is 60.2 Å². The number of carbonyl (C=O) groups is 1. The van der Waals surface area contributed by atoms with E-state index in [4.69, 9.17) is 4.74 Å². The number of rotatable bonds is 5. The monoisotopic (exact) mass is 350 g/mol. The van der Waals surface area contributed by atoms with Crippen LogP contribution >= 0.6 is 0 Å². The number of aromatic hydroxyl groups is 1. The normalized spacial score (nSPS) is 13.7. The summed E-state index contributed by atoms with van der Waals surface area (Å²) in [6.07, 6.45) is 6.01. The quantitative estimate of drug-likeness (QED) is 0.838. The molecule has 132 valence electrons. The second-order valence-electron chi connectivity index (χ2n) is 5.35. The van der Waals surface area contributed by atoms with Gasteiger partial charge in [-0.15, -0.1) is 0 Å². The van der Waals surface area contributed by atoms with E-state index in [1.807, 2.05) is 36.1 Å². The summed E-state index contributed by atoms with van der Waals surface area (Å²) in [7, 11) is 0. The van der Waals surface area contributed by atoms with Gasteiger partial charge in [0.2, 0.25) is 0 Å². The largest absolute Gasteiger partial charge is 0.506 e. The highest BCUT2D eigenvalue weighted by Crippen LogP contribution is 2.29. The molecule has 1 aliphatic heterocycles. The van der Waals surface area contributed by atoms with E-state index >= 15 is 0 Å². The lowest BCUT2D eigenvalue weighted by Crippen LogP contribution is -2.24. The maximum absolute atomic E-state index is 12.3. The number of pyridine rings is 1. The topological polar surface area (TPSA) is 87.4 Å². The zero-order valence-electron chi connectivity index (χ0n) is 14.2. The summed E-state index contributed by atoms with van der Waals surface area (Å²) in [6, 6.07) is 10.7. The molecular formula is C19H18N4O3. The molecule has 0 saturated carbocycles. The van der Waals surface area contributed by atoms with Crippen molar-refractivity contribution in [2.75, 3.05) is 18.1 Å². The molecule has 1 N–H and O–H groups in total. The third-order valence-electron chi connectivity index (χ3n) is 3.60. The van der Waals surface area contributed by atoms with Gasteiger partial charge >= 0.3 is 0 Å². The van der Waals surface area contributed by atoms with E-state index in [9.17, 15) is 9.90 Å². The molecule has 1 amide bonds. The summed E-state index contributed by atoms with van der Waals surface area (Å²) in [4.78, 5) is 26.1. The van der Waals surface area contributed by atoms with Crippen LogP contribution in [0.3, 0.4) is 0 Å². The van der Waals surface area contributed by atoms with Gasteiger partial charge in [0.1, 0.15) is 22.9 Å². The second kappa shape index (κ2) is 8.06. The van der Waals surface area contributed by atoms with E-state index in [-0.39, 0.29) is 17.1 Å². The zero-order chi connectivity index (χ0) is 18.4. The van der Waals surface area contributed by atoms with Crippen LogP contribution in [0.25, 0.3) is 0 Å². The lowest BCUT2D eigenvalue weighted by molar-refractivity contribution is -0.114. The van der Waals surface area contributed by atoms with Crippen molar-refractivity contribution in [2.45, 2.75) is 6.92 Å². The number of aliphatic imine (C=N–C) groups is 2. The number of amides is 1. The Morgan fingerprint density at radius 1 is 1.35 bits per heavy atom. The highest BCUT2D eigenvalue weighted by atomic mass is 16.5. The van der Waals surface area contributed by atoms with E-state index < -0.39 is 5.91 Å². The van der Waals surface area contributed by atoms with Crippen LogP contribution in [0.4, 0.5) is 5.69 Å². The van der Waals surface area contributed by atoms with Gasteiger partial charge in [-0.25, -0.2) is 4.99 Å². The molecular weight excluding hydrogens is 332 g/mol. The number of nitrogens with zero attached hydrogens (tertiary/aromatic N) is 4. The minimum atomic E-state index is -0.523. The molecule has 1 aliphatic rings. The predicted octanol–water partition coefficient (Wildman–Crippen LogP) is 2.56. The van der Waals surface area contributed by atoms with E-state index in [1.165, 1.54) is 18.5 Å². The molecule has 0 bridgehead atoms. The number of anilines is 1. The fourth-order valence-corrected chi connectivity index (χ4v) is 2.41. The average molecular weight is 350 g/mol. The first kappa shape index (κ1) is 17.3. The molecule has 3 rings (SSSR count). The third-order valence-corrected chi connectivity index (χ3v) is 3.60. The molecule has 2 aromatic rings. The third kappa shape index (κ3) is 3.94. The summed E-state index contributed by atoms with van der Waals surface area (Å²) in [5.41, 5.74) is 1.26. The first-order chi connectivity index (χ1) is 12.7. The van der Waals surface area contributed by atoms with Crippen LogP contribution in [0.15, 0.2) is 64.5 Å². The Morgan fingerprint density at radius 2 is 2.19 bits per heavy atom. The summed E-state index contributed by atoms with van der Waals surface area (Å²) >= 11 is 0. The Morgan fingerprint density at radius 3 is 3.00 bits per heavy atom. The van der Waals surface area contributed by atoms with Crippen molar-refractivity contribution in [3.8, 4) is 11.5 Å². The van der Waals surface area contributed by atoms with Crippen molar-refractivity contribution in [2.24, 2.45) is 9.98 Å². The van der Waals surface area contributed by atoms with Crippen LogP contribution in [-0.4, -0.2) is 41.6 Å². The molecule has 0 saturated heterocycles. The number of ether oxygens (including phenoxy) is 1. The van der Waals surface area contributed by atoms with Crippen molar-refractivity contribution in [1.82, 2.24) is 4.98 Å². The van der Waals surface area contributed by atoms with Crippen LogP contribution in [0, 0.1) is 0 Å². The first-order valence-electron chi connectivity index (χ1n) is 8.14. The molecule has 0 atom stereocenters. The Hall–Kier alpha value is -3.48. The van der Waals surface area contributed by atoms with Crippen molar-refractivity contribution in [1.29, 1.82) is 0 Å². The molecule has 1 aromatic carbocycles. The van der Waals surface area contributed by atoms with Gasteiger partial charge in [-0.1, -0.05) is 12.1 Å². The SMILES string of the molecule is CCOc1ccccc1N1C=C(C(=O)N=Cc2ncccc2O)N=CC1. The van der Waals surface area contributed by atoms with Crippen LogP contribution < -0.4 is 9.64 Å². The summed E-state index contributed by atoms with van der Waals surface area (Å²) in [6.45, 7) is 2.99. The highest BCUT2D eigenvalue weighted by Gasteiger charge is 2.16. The van der Waals surface area contributed by atoms with Gasteiger partial charge in [0.25, 0.3) is 5.91 Å². The fraction of sp³-hybridized carbons (Fsp3) is 0.158. The number of hydrogen-bond acceptors (Lipinski definition) is 6. The van der Waals surface area contributed by atoms with Crippen LogP contribution in [0.1, 0.15) is 12.6 Å². The van der Waals surface area contributed by atoms with E-state index in [1.54, 1.807) is 18.5 Å². The number of benzene rings is 1. The van der Waals surface area contributed by atoms with E-state index in [2.05, 4.69) is 15.0 Å². The Labute approximate surface area is 151 Å². The van der Waals surface area contributed by atoms with Crippen molar-refractivity contribution in [3.63, 3.8) is 0 Å². The van der Waals surface area contributed by atoms with Crippen LogP contribution in [-0.2, 0) is 4.79 Å². The van der Waals surface area contributed by atoms with E-state index in [0.717, 1.165) is 11.4 Å². The number of para-hydroxylation sites is 2. The van der Waals surface area contributed by atoms with Gasteiger partial charge in [0.05, 0.1) is 25.1 Å². The molecule has 0 aliphatic carbocycles. The molecule has 0 unspecified atom stereocenters. The maximum atomic E-state index is 12.3. The van der Waals surface area contributed by atoms with Gasteiger partial charge in [0.15, 0.2) is 0 Å². The fourth-order valence-electron chi connectivity index (χ4n) is 2.41. The summed E-state index contributed by atoms with van der Waals surface area (Å²) < 4.78 is 5.64. The van der Waals surface area contributed by atoms with E-state index in [0.29, 0.717) is 13.2 Å². The maximum Gasteiger partial charge on any atom is 0.297 e. The molecule has 7 nitrogen and oxygen atoms in total. The van der Waals surface area contributed by atoms with Gasteiger partial charge in [-0.05, 0) is 31.2 Å². The number of carbonyl (C=O) groups excluding carboxylic acids is 1. The lowest BCUT2D eigenvalue weighted by Gasteiger charge is -2.24. The smallest absolute Gasteiger partial charge is 0.297 e. The van der Waals surface area contributed by atoms with Gasteiger partial charge in [0, 0.05) is 18.6 Å². The summed E-state index contributed by atoms with van der Waals surface area (Å²) in [5, 5.41) is 9.67.